The van der Waals surface area contributed by atoms with Gasteiger partial charge in [-0.15, -0.1) is 11.3 Å². The van der Waals surface area contributed by atoms with Crippen LogP contribution in [0.3, 0.4) is 0 Å². The Kier molecular flexibility index (Phi) is 3.26. The maximum Gasteiger partial charge on any atom is 0.153 e. The maximum atomic E-state index is 11.4. The van der Waals surface area contributed by atoms with Gasteiger partial charge in [-0.2, -0.15) is 0 Å². The molecule has 1 saturated carbocycles. The van der Waals surface area contributed by atoms with Crippen LogP contribution in [0.4, 0.5) is 0 Å². The smallest absolute Gasteiger partial charge is 0.153 e. The molecule has 1 aliphatic rings. The average Bonchev–Trinajstić information content (AvgIpc) is 2.83. The van der Waals surface area contributed by atoms with Crippen molar-refractivity contribution in [2.45, 2.75) is 19.3 Å². The minimum atomic E-state index is 0.237. The summed E-state index contributed by atoms with van der Waals surface area (Å²) in [6, 6.07) is 0. The number of aromatic nitrogens is 1. The summed E-state index contributed by atoms with van der Waals surface area (Å²) < 4.78 is 0. The van der Waals surface area contributed by atoms with Crippen LogP contribution in [0.25, 0.3) is 0 Å². The molecule has 0 bridgehead atoms. The van der Waals surface area contributed by atoms with E-state index in [9.17, 15) is 4.79 Å². The lowest BCUT2D eigenvalue weighted by Crippen LogP contribution is -2.25. The van der Waals surface area contributed by atoms with Crippen molar-refractivity contribution < 1.29 is 4.79 Å². The topological polar surface area (TPSA) is 42.0 Å². The van der Waals surface area contributed by atoms with Gasteiger partial charge in [0.1, 0.15) is 0 Å². The molecule has 3 nitrogen and oxygen atoms in total. The molecule has 0 radical (unpaired) electrons. The van der Waals surface area contributed by atoms with Crippen LogP contribution in [0.15, 0.2) is 11.6 Å². The van der Waals surface area contributed by atoms with Crippen molar-refractivity contribution in [3.05, 3.63) is 16.6 Å². The summed E-state index contributed by atoms with van der Waals surface area (Å²) in [5, 5.41) is 6.01. The molecule has 0 amide bonds. The van der Waals surface area contributed by atoms with E-state index in [1.165, 1.54) is 12.8 Å². The molecular formula is C10H14N2OS. The molecule has 0 spiro atoms. The highest BCUT2D eigenvalue weighted by Crippen LogP contribution is 2.27. The number of rotatable bonds is 6. The van der Waals surface area contributed by atoms with Gasteiger partial charge in [-0.05, 0) is 25.3 Å². The van der Waals surface area contributed by atoms with Gasteiger partial charge in [0.2, 0.25) is 0 Å². The van der Waals surface area contributed by atoms with Crippen molar-refractivity contribution in [1.29, 1.82) is 0 Å². The molecule has 0 unspecified atom stereocenters. The third-order valence-electron chi connectivity index (χ3n) is 2.28. The third-order valence-corrected chi connectivity index (χ3v) is 3.06. The zero-order valence-corrected chi connectivity index (χ0v) is 8.85. The summed E-state index contributed by atoms with van der Waals surface area (Å²) in [5.41, 5.74) is 0. The summed E-state index contributed by atoms with van der Waals surface area (Å²) in [6.45, 7) is 1.50. The largest absolute Gasteiger partial charge is 0.310 e. The fraction of sp³-hybridized carbons (Fsp3) is 0.600. The Morgan fingerprint density at radius 3 is 3.14 bits per heavy atom. The van der Waals surface area contributed by atoms with E-state index in [0.717, 1.165) is 17.5 Å². The molecule has 76 valence electrons. The Morgan fingerprint density at radius 1 is 1.64 bits per heavy atom. The van der Waals surface area contributed by atoms with Gasteiger partial charge in [-0.25, -0.2) is 4.98 Å². The number of hydrogen-bond donors (Lipinski definition) is 1. The van der Waals surface area contributed by atoms with Crippen LogP contribution >= 0.6 is 11.3 Å². The third kappa shape index (κ3) is 3.20. The predicted molar refractivity (Wildman–Crippen MR) is 56.4 cm³/mol. The van der Waals surface area contributed by atoms with Gasteiger partial charge >= 0.3 is 0 Å². The fourth-order valence-corrected chi connectivity index (χ4v) is 1.95. The maximum absolute atomic E-state index is 11.4. The molecule has 1 aromatic rings. The Balaban J connectivity index is 1.62. The van der Waals surface area contributed by atoms with Crippen molar-refractivity contribution in [3.63, 3.8) is 0 Å². The number of Topliss-reactive ketones (excluding diaryl/α,β-unsaturated/α-hetero) is 1. The van der Waals surface area contributed by atoms with Gasteiger partial charge in [0.05, 0.1) is 18.0 Å². The number of thiazole rings is 1. The standard InChI is InChI=1S/C10H14N2OS/c13-9(5-10-12-3-4-14-10)7-11-6-8-1-2-8/h3-4,8,11H,1-2,5-7H2. The van der Waals surface area contributed by atoms with E-state index in [4.69, 9.17) is 0 Å². The highest BCUT2D eigenvalue weighted by molar-refractivity contribution is 7.09. The Morgan fingerprint density at radius 2 is 2.50 bits per heavy atom. The predicted octanol–water partition coefficient (Wildman–Crippen LogP) is 1.25. The van der Waals surface area contributed by atoms with Gasteiger partial charge in [0.25, 0.3) is 0 Å². The van der Waals surface area contributed by atoms with Crippen LogP contribution in [-0.2, 0) is 11.2 Å². The lowest BCUT2D eigenvalue weighted by molar-refractivity contribution is -0.117. The second kappa shape index (κ2) is 4.66. The first-order valence-electron chi connectivity index (χ1n) is 4.95. The Hall–Kier alpha value is -0.740. The van der Waals surface area contributed by atoms with Crippen LogP contribution in [0, 0.1) is 5.92 Å². The fourth-order valence-electron chi connectivity index (χ4n) is 1.31. The van der Waals surface area contributed by atoms with Gasteiger partial charge in [-0.3, -0.25) is 4.79 Å². The lowest BCUT2D eigenvalue weighted by Gasteiger charge is -2.00. The van der Waals surface area contributed by atoms with Crippen molar-refractivity contribution in [2.24, 2.45) is 5.92 Å². The van der Waals surface area contributed by atoms with E-state index in [1.807, 2.05) is 5.38 Å². The van der Waals surface area contributed by atoms with E-state index < -0.39 is 0 Å². The van der Waals surface area contributed by atoms with Crippen LogP contribution in [0.1, 0.15) is 17.8 Å². The number of nitrogens with zero attached hydrogens (tertiary/aromatic N) is 1. The number of carbonyl (C=O) groups is 1. The number of ketones is 1. The highest BCUT2D eigenvalue weighted by atomic mass is 32.1. The zero-order valence-electron chi connectivity index (χ0n) is 8.03. The molecule has 0 aliphatic heterocycles. The Labute approximate surface area is 87.6 Å². The number of hydrogen-bond acceptors (Lipinski definition) is 4. The van der Waals surface area contributed by atoms with Gasteiger partial charge in [0.15, 0.2) is 5.78 Å². The average molecular weight is 210 g/mol. The summed E-state index contributed by atoms with van der Waals surface area (Å²) in [4.78, 5) is 15.5. The SMILES string of the molecule is O=C(CNCC1CC1)Cc1nccs1. The monoisotopic (exact) mass is 210 g/mol. The van der Waals surface area contributed by atoms with E-state index in [0.29, 0.717) is 13.0 Å². The van der Waals surface area contributed by atoms with Crippen molar-refractivity contribution >= 4 is 17.1 Å². The minimum absolute atomic E-state index is 0.237. The lowest BCUT2D eigenvalue weighted by atomic mass is 10.3. The molecule has 2 rings (SSSR count). The molecule has 0 aromatic carbocycles. The molecule has 4 heteroatoms. The number of nitrogens with one attached hydrogen (secondary N) is 1. The van der Waals surface area contributed by atoms with Gasteiger partial charge < -0.3 is 5.32 Å². The molecule has 0 atom stereocenters. The van der Waals surface area contributed by atoms with E-state index in [2.05, 4.69) is 10.3 Å². The van der Waals surface area contributed by atoms with E-state index in [1.54, 1.807) is 17.5 Å². The van der Waals surface area contributed by atoms with Gasteiger partial charge in [-0.1, -0.05) is 0 Å². The quantitative estimate of drug-likeness (QED) is 0.768. The van der Waals surface area contributed by atoms with Crippen LogP contribution in [0.5, 0.6) is 0 Å². The number of carbonyl (C=O) groups excluding carboxylic acids is 1. The second-order valence-electron chi connectivity index (χ2n) is 3.72. The molecule has 1 fully saturated rings. The first kappa shape index (κ1) is 9.80. The van der Waals surface area contributed by atoms with Crippen molar-refractivity contribution in [2.75, 3.05) is 13.1 Å². The normalized spacial score (nSPS) is 15.7. The van der Waals surface area contributed by atoms with Crippen LogP contribution < -0.4 is 5.32 Å². The first-order valence-corrected chi connectivity index (χ1v) is 5.83. The second-order valence-corrected chi connectivity index (χ2v) is 4.69. The Bertz CT molecular complexity index is 293. The summed E-state index contributed by atoms with van der Waals surface area (Å²) in [6.07, 6.45) is 4.88. The summed E-state index contributed by atoms with van der Waals surface area (Å²) >= 11 is 1.54. The van der Waals surface area contributed by atoms with Crippen LogP contribution in [0.2, 0.25) is 0 Å². The van der Waals surface area contributed by atoms with Crippen LogP contribution in [-0.4, -0.2) is 23.9 Å². The van der Waals surface area contributed by atoms with Gasteiger partial charge in [0, 0.05) is 11.6 Å². The zero-order chi connectivity index (χ0) is 9.80. The highest BCUT2D eigenvalue weighted by Gasteiger charge is 2.20. The van der Waals surface area contributed by atoms with E-state index >= 15 is 0 Å². The molecular weight excluding hydrogens is 196 g/mol. The minimum Gasteiger partial charge on any atom is -0.310 e. The molecule has 1 aliphatic carbocycles. The molecule has 14 heavy (non-hydrogen) atoms. The van der Waals surface area contributed by atoms with Crippen molar-refractivity contribution in [1.82, 2.24) is 10.3 Å². The summed E-state index contributed by atoms with van der Waals surface area (Å²) in [5.74, 6) is 1.07. The van der Waals surface area contributed by atoms with E-state index in [-0.39, 0.29) is 5.78 Å². The molecule has 1 heterocycles. The summed E-state index contributed by atoms with van der Waals surface area (Å²) in [7, 11) is 0. The molecule has 1 aromatic heterocycles. The molecule has 1 N–H and O–H groups in total. The first-order chi connectivity index (χ1) is 6.84. The molecule has 0 saturated heterocycles. The van der Waals surface area contributed by atoms with Crippen molar-refractivity contribution in [3.8, 4) is 0 Å².